The third kappa shape index (κ3) is 2470000. The molecule has 0 heterocycles. The molecule has 0 aromatic carbocycles. The molecule has 0 rings (SSSR count). The number of hydrogen-bond donors (Lipinski definition) is 2. The molecule has 0 aromatic heterocycles. The van der Waals surface area contributed by atoms with Crippen molar-refractivity contribution in [2.75, 3.05) is 0 Å². The van der Waals surface area contributed by atoms with Crippen molar-refractivity contribution in [3.8, 4) is 0 Å². The Bertz CT molecular complexity index is 220. The van der Waals surface area contributed by atoms with Crippen LogP contribution in [0.1, 0.15) is 0 Å². The summed E-state index contributed by atoms with van der Waals surface area (Å²) in [6.07, 6.45) is 0. The van der Waals surface area contributed by atoms with Crippen molar-refractivity contribution in [1.82, 2.24) is 12.3 Å². The summed E-state index contributed by atoms with van der Waals surface area (Å²) >= 11 is 0. The van der Waals surface area contributed by atoms with E-state index >= 15 is 0 Å². The van der Waals surface area contributed by atoms with Crippen molar-refractivity contribution in [1.29, 1.82) is 0 Å². The van der Waals surface area contributed by atoms with Crippen LogP contribution in [0.4, 0.5) is 0 Å². The first kappa shape index (κ1) is 95.8. The van der Waals surface area contributed by atoms with E-state index in [1.165, 1.54) is 0 Å². The zero-order chi connectivity index (χ0) is 9.00. The molecule has 0 fully saturated rings. The quantitative estimate of drug-likeness (QED) is 0.167. The summed E-state index contributed by atoms with van der Waals surface area (Å²) in [5.41, 5.74) is 0. The van der Waals surface area contributed by atoms with Crippen LogP contribution >= 0.6 is 0 Å². The van der Waals surface area contributed by atoms with Gasteiger partial charge in [-0.15, -0.1) is 0 Å². The zero-order valence-corrected chi connectivity index (χ0v) is 14.9. The normalized spacial score (nSPS) is 6.11. The van der Waals surface area contributed by atoms with Crippen LogP contribution < -0.4 is 12.3 Å². The maximum Gasteiger partial charge on any atom is 2.00 e. The van der Waals surface area contributed by atoms with Gasteiger partial charge >= 0.3 is 19.5 Å². The Morgan fingerprint density at radius 2 is 0.474 bits per heavy atom. The van der Waals surface area contributed by atoms with Gasteiger partial charge in [0, 0.05) is 20.8 Å². The van der Waals surface area contributed by atoms with E-state index in [-0.39, 0.29) is 64.6 Å². The van der Waals surface area contributed by atoms with E-state index in [2.05, 4.69) is 0 Å². The maximum absolute atomic E-state index is 8.52. The monoisotopic (exact) mass is 406 g/mol. The molecule has 0 spiro atoms. The van der Waals surface area contributed by atoms with E-state index in [0.717, 1.165) is 0 Å². The molecule has 16 nitrogen and oxygen atoms in total. The van der Waals surface area contributed by atoms with E-state index < -0.39 is 20.8 Å². The molecular weight excluding hydrogens is 382 g/mol. The second kappa shape index (κ2) is 36.1. The minimum atomic E-state index is -5.17. The fourth-order valence-electron chi connectivity index (χ4n) is 0. The van der Waals surface area contributed by atoms with Crippen molar-refractivity contribution in [3.63, 3.8) is 0 Å². The molecule has 0 aromatic rings. The van der Waals surface area contributed by atoms with E-state index in [0.29, 0.717) is 0 Å². The zero-order valence-electron chi connectivity index (χ0n) is 10.3. The third-order valence-corrected chi connectivity index (χ3v) is 0. The molecule has 0 radical (unpaired) electrons. The van der Waals surface area contributed by atoms with Crippen molar-refractivity contribution < 1.29 is 87.4 Å². The van der Waals surface area contributed by atoms with Crippen LogP contribution in [0.25, 0.3) is 0 Å². The standard InChI is InChI=1S/2H3N.2H2O4S.6H2O.Zn/c;;2*1-5(2,3)4;;;;;;;/h2*1H3;2*(H2,1,2,3,4);6*1H2;/q;;;;;;;;;;+2/p+4. The molecule has 0 amide bonds. The minimum absolute atomic E-state index is 0. The smallest absolute Gasteiger partial charge is 0.759 e. The Kier molecular flexibility index (Phi) is 182. The van der Waals surface area contributed by atoms with Gasteiger partial charge in [-0.05, 0) is 0 Å². The molecule has 0 saturated carbocycles. The van der Waals surface area contributed by atoms with Gasteiger partial charge in [0.15, 0.2) is 0 Å². The topological polar surface area (TPSA) is 432 Å². The summed E-state index contributed by atoms with van der Waals surface area (Å²) in [5.74, 6) is 0. The second-order valence-electron chi connectivity index (χ2n) is 0.816. The number of hydrogen-bond acceptors (Lipinski definition) is 8. The molecule has 0 unspecified atom stereocenters. The molecular formula is H26N2O14S2Zn+6. The summed E-state index contributed by atoms with van der Waals surface area (Å²) in [5, 5.41) is 0. The fourth-order valence-corrected chi connectivity index (χ4v) is 0. The van der Waals surface area contributed by atoms with Gasteiger partial charge in [-0.3, -0.25) is 16.8 Å². The van der Waals surface area contributed by atoms with Crippen LogP contribution in [-0.4, -0.2) is 35.0 Å². The van der Waals surface area contributed by atoms with Crippen LogP contribution in [0.15, 0.2) is 0 Å². The van der Waals surface area contributed by atoms with Gasteiger partial charge in [-0.2, -0.15) is 0 Å². The van der Waals surface area contributed by atoms with E-state index in [4.69, 9.17) is 35.0 Å². The summed E-state index contributed by atoms with van der Waals surface area (Å²) in [7, 11) is -10.3. The predicted molar refractivity (Wildman–Crippen MR) is 62.1 cm³/mol. The van der Waals surface area contributed by atoms with Gasteiger partial charge < -0.3 is 63.4 Å². The SMILES string of the molecule is O=S(=O)([O-])[O-].O=S(=O)([O-])[O-].[NH4+].[NH4+].[OH3+].[OH3+].[OH3+].[OH3+].[OH3+].[OH3+].[Zn+2]. The molecule has 26 N–H and O–H groups in total. The van der Waals surface area contributed by atoms with Gasteiger partial charge in [0.25, 0.3) is 0 Å². The first-order chi connectivity index (χ1) is 4.00. The average molecular weight is 408 g/mol. The predicted octanol–water partition coefficient (Wildman–Crippen LogP) is -7.46. The fraction of sp³-hybridized carbons (Fsp3) is 0. The van der Waals surface area contributed by atoms with E-state index in [9.17, 15) is 0 Å². The average Bonchev–Trinajstić information content (AvgIpc) is 1.12. The van der Waals surface area contributed by atoms with E-state index in [1.807, 2.05) is 0 Å². The number of rotatable bonds is 0. The number of quaternary nitrogens is 2. The summed E-state index contributed by atoms with van der Waals surface area (Å²) in [4.78, 5) is 0. The van der Waals surface area contributed by atoms with Crippen molar-refractivity contribution >= 4 is 20.8 Å². The molecule has 0 bridgehead atoms. The first-order valence-corrected chi connectivity index (χ1v) is 4.00. The minimum Gasteiger partial charge on any atom is -0.759 e. The van der Waals surface area contributed by atoms with Crippen molar-refractivity contribution in [2.24, 2.45) is 0 Å². The first-order valence-electron chi connectivity index (χ1n) is 1.33. The summed E-state index contributed by atoms with van der Waals surface area (Å²) in [6, 6.07) is 0. The molecule has 19 heavy (non-hydrogen) atoms. The van der Waals surface area contributed by atoms with Gasteiger partial charge in [0.05, 0.1) is 0 Å². The Balaban J connectivity index is -0.00000000508. The van der Waals surface area contributed by atoms with Crippen molar-refractivity contribution in [2.45, 2.75) is 0 Å². The molecule has 0 aliphatic carbocycles. The Morgan fingerprint density at radius 1 is 0.474 bits per heavy atom. The molecule has 0 atom stereocenters. The Labute approximate surface area is 121 Å². The molecule has 0 saturated heterocycles. The second-order valence-corrected chi connectivity index (χ2v) is 2.45. The van der Waals surface area contributed by atoms with Crippen LogP contribution in [-0.2, 0) is 73.1 Å². The Morgan fingerprint density at radius 3 is 0.474 bits per heavy atom. The van der Waals surface area contributed by atoms with Gasteiger partial charge in [-0.1, -0.05) is 0 Å². The van der Waals surface area contributed by atoms with Crippen LogP contribution in [0.2, 0.25) is 0 Å². The van der Waals surface area contributed by atoms with Gasteiger partial charge in [0.2, 0.25) is 0 Å². The molecule has 0 aliphatic heterocycles. The summed E-state index contributed by atoms with van der Waals surface area (Å²) in [6.45, 7) is 0. The molecule has 19 heteroatoms. The van der Waals surface area contributed by atoms with Gasteiger partial charge in [0.1, 0.15) is 0 Å². The largest absolute Gasteiger partial charge is 2.00 e. The van der Waals surface area contributed by atoms with Crippen LogP contribution in [0.3, 0.4) is 0 Å². The van der Waals surface area contributed by atoms with E-state index in [1.54, 1.807) is 0 Å². The third-order valence-electron chi connectivity index (χ3n) is 0. The van der Waals surface area contributed by atoms with Crippen molar-refractivity contribution in [3.05, 3.63) is 0 Å². The van der Waals surface area contributed by atoms with Crippen LogP contribution in [0, 0.1) is 0 Å². The molecule has 128 valence electrons. The maximum atomic E-state index is 8.52. The van der Waals surface area contributed by atoms with Crippen LogP contribution in [0.5, 0.6) is 0 Å². The Hall–Kier alpha value is 0.0434. The summed E-state index contributed by atoms with van der Waals surface area (Å²) < 4.78 is 68.2. The molecule has 0 aliphatic rings. The van der Waals surface area contributed by atoms with Gasteiger partial charge in [-0.25, -0.2) is 0 Å².